The molecule has 92 valence electrons. The quantitative estimate of drug-likeness (QED) is 0.896. The van der Waals surface area contributed by atoms with E-state index in [4.69, 9.17) is 9.84 Å². The highest BCUT2D eigenvalue weighted by atomic mass is 16.5. The zero-order valence-electron chi connectivity index (χ0n) is 9.91. The normalized spacial score (nSPS) is 11.8. The fourth-order valence-corrected chi connectivity index (χ4v) is 1.63. The summed E-state index contributed by atoms with van der Waals surface area (Å²) in [6.07, 6.45) is 2.63. The maximum atomic E-state index is 11.0. The highest BCUT2D eigenvalue weighted by molar-refractivity contribution is 5.90. The van der Waals surface area contributed by atoms with Crippen LogP contribution >= 0.6 is 0 Å². The number of aromatic carboxylic acids is 1. The van der Waals surface area contributed by atoms with Crippen molar-refractivity contribution in [3.8, 4) is 5.75 Å². The number of aromatic nitrogens is 1. The summed E-state index contributed by atoms with van der Waals surface area (Å²) in [6, 6.07) is 11.0. The van der Waals surface area contributed by atoms with Crippen LogP contribution in [0.3, 0.4) is 0 Å². The number of hydrogen-bond donors (Lipinski definition) is 1. The van der Waals surface area contributed by atoms with E-state index in [1.54, 1.807) is 0 Å². The van der Waals surface area contributed by atoms with Crippen molar-refractivity contribution >= 4 is 5.97 Å². The minimum Gasteiger partial charge on any atom is -0.484 e. The standard InChI is InChI=1S/C14H13NO3/c1-10(11-5-3-2-4-6-11)18-13-9-15-8-7-12(13)14(16)17/h2-10H,1H3,(H,16,17). The Balaban J connectivity index is 2.22. The van der Waals surface area contributed by atoms with Gasteiger partial charge in [-0.15, -0.1) is 0 Å². The molecule has 0 aliphatic heterocycles. The molecule has 2 rings (SSSR count). The Morgan fingerprint density at radius 3 is 2.67 bits per heavy atom. The lowest BCUT2D eigenvalue weighted by atomic mass is 10.1. The summed E-state index contributed by atoms with van der Waals surface area (Å²) in [4.78, 5) is 14.9. The molecule has 1 atom stereocenters. The molecular formula is C14H13NO3. The lowest BCUT2D eigenvalue weighted by Crippen LogP contribution is -2.07. The molecule has 2 aromatic rings. The van der Waals surface area contributed by atoms with E-state index in [1.807, 2.05) is 37.3 Å². The Labute approximate surface area is 105 Å². The molecule has 0 amide bonds. The third kappa shape index (κ3) is 2.66. The van der Waals surface area contributed by atoms with Crippen LogP contribution in [0.5, 0.6) is 5.75 Å². The zero-order chi connectivity index (χ0) is 13.0. The highest BCUT2D eigenvalue weighted by Gasteiger charge is 2.14. The van der Waals surface area contributed by atoms with Gasteiger partial charge in [-0.25, -0.2) is 4.79 Å². The van der Waals surface area contributed by atoms with E-state index in [2.05, 4.69) is 4.98 Å². The summed E-state index contributed by atoms with van der Waals surface area (Å²) in [5.74, 6) is -0.742. The number of carbonyl (C=O) groups is 1. The second-order valence-electron chi connectivity index (χ2n) is 3.85. The van der Waals surface area contributed by atoms with E-state index >= 15 is 0 Å². The minimum absolute atomic E-state index is 0.118. The second-order valence-corrected chi connectivity index (χ2v) is 3.85. The molecule has 0 saturated heterocycles. The molecule has 18 heavy (non-hydrogen) atoms. The zero-order valence-corrected chi connectivity index (χ0v) is 9.91. The molecular weight excluding hydrogens is 230 g/mol. The van der Waals surface area contributed by atoms with Gasteiger partial charge >= 0.3 is 5.97 Å². The van der Waals surface area contributed by atoms with Crippen LogP contribution in [0.25, 0.3) is 0 Å². The van der Waals surface area contributed by atoms with Gasteiger partial charge in [0.25, 0.3) is 0 Å². The average molecular weight is 243 g/mol. The Morgan fingerprint density at radius 1 is 1.28 bits per heavy atom. The molecule has 0 bridgehead atoms. The second kappa shape index (κ2) is 5.31. The molecule has 0 saturated carbocycles. The molecule has 1 N–H and O–H groups in total. The van der Waals surface area contributed by atoms with Crippen molar-refractivity contribution in [3.63, 3.8) is 0 Å². The van der Waals surface area contributed by atoms with Crippen molar-refractivity contribution < 1.29 is 14.6 Å². The van der Waals surface area contributed by atoms with Gasteiger partial charge in [-0.1, -0.05) is 30.3 Å². The van der Waals surface area contributed by atoms with Crippen molar-refractivity contribution in [3.05, 3.63) is 59.9 Å². The van der Waals surface area contributed by atoms with E-state index in [0.29, 0.717) is 0 Å². The molecule has 4 nitrogen and oxygen atoms in total. The van der Waals surface area contributed by atoms with Gasteiger partial charge in [0.05, 0.1) is 6.20 Å². The molecule has 1 aromatic heterocycles. The minimum atomic E-state index is -1.02. The Bertz CT molecular complexity index is 540. The lowest BCUT2D eigenvalue weighted by Gasteiger charge is -2.16. The van der Waals surface area contributed by atoms with Crippen molar-refractivity contribution in [1.82, 2.24) is 4.98 Å². The maximum Gasteiger partial charge on any atom is 0.339 e. The summed E-state index contributed by atoms with van der Waals surface area (Å²) in [6.45, 7) is 1.87. The van der Waals surface area contributed by atoms with Crippen LogP contribution in [0.4, 0.5) is 0 Å². The number of rotatable bonds is 4. The summed E-state index contributed by atoms with van der Waals surface area (Å²) in [5.41, 5.74) is 1.10. The number of carboxylic acid groups (broad SMARTS) is 1. The fraction of sp³-hybridized carbons (Fsp3) is 0.143. The van der Waals surface area contributed by atoms with Crippen molar-refractivity contribution in [2.75, 3.05) is 0 Å². The van der Waals surface area contributed by atoms with Gasteiger partial charge < -0.3 is 9.84 Å². The third-order valence-corrected chi connectivity index (χ3v) is 2.59. The number of nitrogens with zero attached hydrogens (tertiary/aromatic N) is 1. The third-order valence-electron chi connectivity index (χ3n) is 2.59. The van der Waals surface area contributed by atoms with Crippen molar-refractivity contribution in [1.29, 1.82) is 0 Å². The van der Waals surface area contributed by atoms with Crippen LogP contribution in [-0.4, -0.2) is 16.1 Å². The molecule has 0 spiro atoms. The van der Waals surface area contributed by atoms with Gasteiger partial charge in [-0.3, -0.25) is 4.98 Å². The summed E-state index contributed by atoms with van der Waals surface area (Å²) < 4.78 is 5.65. The predicted octanol–water partition coefficient (Wildman–Crippen LogP) is 2.92. The van der Waals surface area contributed by atoms with E-state index in [1.165, 1.54) is 18.5 Å². The van der Waals surface area contributed by atoms with E-state index in [9.17, 15) is 4.79 Å². The van der Waals surface area contributed by atoms with Gasteiger partial charge in [0.2, 0.25) is 0 Å². The number of benzene rings is 1. The SMILES string of the molecule is CC(Oc1cnccc1C(=O)O)c1ccccc1. The average Bonchev–Trinajstić information content (AvgIpc) is 2.40. The Kier molecular flexibility index (Phi) is 3.57. The van der Waals surface area contributed by atoms with Gasteiger partial charge in [-0.05, 0) is 18.6 Å². The number of ether oxygens (including phenoxy) is 1. The molecule has 0 radical (unpaired) electrons. The van der Waals surface area contributed by atoms with E-state index < -0.39 is 5.97 Å². The van der Waals surface area contributed by atoms with Crippen molar-refractivity contribution in [2.45, 2.75) is 13.0 Å². The van der Waals surface area contributed by atoms with Gasteiger partial charge in [0.15, 0.2) is 5.75 Å². The van der Waals surface area contributed by atoms with Gasteiger partial charge in [0, 0.05) is 6.20 Å². The highest BCUT2D eigenvalue weighted by Crippen LogP contribution is 2.24. The first-order chi connectivity index (χ1) is 8.68. The molecule has 0 fully saturated rings. The lowest BCUT2D eigenvalue weighted by molar-refractivity contribution is 0.0689. The molecule has 4 heteroatoms. The monoisotopic (exact) mass is 243 g/mol. The number of carboxylic acids is 1. The van der Waals surface area contributed by atoms with Crippen LogP contribution < -0.4 is 4.74 Å². The summed E-state index contributed by atoms with van der Waals surface area (Å²) in [5, 5.41) is 9.04. The largest absolute Gasteiger partial charge is 0.484 e. The van der Waals surface area contributed by atoms with Gasteiger partial charge in [0.1, 0.15) is 11.7 Å². The fourth-order valence-electron chi connectivity index (χ4n) is 1.63. The smallest absolute Gasteiger partial charge is 0.339 e. The topological polar surface area (TPSA) is 59.4 Å². The van der Waals surface area contributed by atoms with Crippen LogP contribution in [0, 0.1) is 0 Å². The Hall–Kier alpha value is -2.36. The molecule has 0 aliphatic rings. The van der Waals surface area contributed by atoms with Crippen LogP contribution in [-0.2, 0) is 0 Å². The van der Waals surface area contributed by atoms with Crippen LogP contribution in [0.15, 0.2) is 48.8 Å². The molecule has 0 aliphatic carbocycles. The van der Waals surface area contributed by atoms with Crippen molar-refractivity contribution in [2.24, 2.45) is 0 Å². The summed E-state index contributed by atoms with van der Waals surface area (Å²) >= 11 is 0. The predicted molar refractivity (Wildman–Crippen MR) is 66.7 cm³/mol. The first kappa shape index (κ1) is 12.1. The van der Waals surface area contributed by atoms with E-state index in [-0.39, 0.29) is 17.4 Å². The molecule has 1 unspecified atom stereocenters. The number of pyridine rings is 1. The molecule has 1 aromatic carbocycles. The molecule has 1 heterocycles. The van der Waals surface area contributed by atoms with Crippen LogP contribution in [0.2, 0.25) is 0 Å². The first-order valence-corrected chi connectivity index (χ1v) is 5.57. The maximum absolute atomic E-state index is 11.0. The summed E-state index contributed by atoms with van der Waals surface area (Å²) in [7, 11) is 0. The van der Waals surface area contributed by atoms with E-state index in [0.717, 1.165) is 5.56 Å². The first-order valence-electron chi connectivity index (χ1n) is 5.57. The Morgan fingerprint density at radius 2 is 2.00 bits per heavy atom. The van der Waals surface area contributed by atoms with Gasteiger partial charge in [-0.2, -0.15) is 0 Å². The number of hydrogen-bond acceptors (Lipinski definition) is 3. The van der Waals surface area contributed by atoms with Crippen LogP contribution in [0.1, 0.15) is 28.9 Å².